The van der Waals surface area contributed by atoms with E-state index in [9.17, 15) is 4.79 Å². The summed E-state index contributed by atoms with van der Waals surface area (Å²) in [6.07, 6.45) is 0.874. The van der Waals surface area contributed by atoms with Gasteiger partial charge in [-0.2, -0.15) is 0 Å². The van der Waals surface area contributed by atoms with Gasteiger partial charge in [-0.1, -0.05) is 11.8 Å². The van der Waals surface area contributed by atoms with Crippen molar-refractivity contribution in [2.75, 3.05) is 26.9 Å². The fourth-order valence-electron chi connectivity index (χ4n) is 1.93. The van der Waals surface area contributed by atoms with E-state index in [2.05, 4.69) is 17.2 Å². The number of aliphatic hydroxyl groups excluding tert-OH is 1. The van der Waals surface area contributed by atoms with E-state index in [0.717, 1.165) is 16.9 Å². The lowest BCUT2D eigenvalue weighted by molar-refractivity contribution is 0.181. The van der Waals surface area contributed by atoms with Crippen LogP contribution >= 0.6 is 11.3 Å². The van der Waals surface area contributed by atoms with Crippen LogP contribution in [-0.2, 0) is 11.3 Å². The standard InChI is InChI=1S/C14H18N2O3S/c1-16(14(18)15-12-4-6-19-9-12)8-11-7-13(20-10-11)3-2-5-17/h7,10,12,17H,4-6,8-9H2,1H3,(H,15,18). The van der Waals surface area contributed by atoms with Gasteiger partial charge in [0, 0.05) is 20.2 Å². The van der Waals surface area contributed by atoms with Crippen LogP contribution < -0.4 is 5.32 Å². The number of carbonyl (C=O) groups is 1. The van der Waals surface area contributed by atoms with Gasteiger partial charge in [0.15, 0.2) is 0 Å². The van der Waals surface area contributed by atoms with Crippen molar-refractivity contribution in [1.29, 1.82) is 0 Å². The quantitative estimate of drug-likeness (QED) is 0.818. The third-order valence-corrected chi connectivity index (χ3v) is 3.86. The maximum Gasteiger partial charge on any atom is 0.317 e. The number of hydrogen-bond donors (Lipinski definition) is 2. The van der Waals surface area contributed by atoms with Crippen LogP contribution in [0, 0.1) is 11.8 Å². The SMILES string of the molecule is CN(Cc1csc(C#CCO)c1)C(=O)NC1CCOC1. The molecule has 1 atom stereocenters. The largest absolute Gasteiger partial charge is 0.384 e. The number of carbonyl (C=O) groups excluding carboxylic acids is 1. The third kappa shape index (κ3) is 4.23. The van der Waals surface area contributed by atoms with Crippen molar-refractivity contribution in [3.8, 4) is 11.8 Å². The van der Waals surface area contributed by atoms with Gasteiger partial charge in [-0.3, -0.25) is 0 Å². The highest BCUT2D eigenvalue weighted by Crippen LogP contribution is 2.15. The Kier molecular flexibility index (Phi) is 5.41. The zero-order valence-electron chi connectivity index (χ0n) is 11.4. The molecule has 0 radical (unpaired) electrons. The fourth-order valence-corrected chi connectivity index (χ4v) is 2.70. The fraction of sp³-hybridized carbons (Fsp3) is 0.500. The van der Waals surface area contributed by atoms with Gasteiger partial charge in [-0.05, 0) is 23.4 Å². The van der Waals surface area contributed by atoms with E-state index in [1.165, 1.54) is 11.3 Å². The van der Waals surface area contributed by atoms with Crippen molar-refractivity contribution >= 4 is 17.4 Å². The molecule has 1 saturated heterocycles. The van der Waals surface area contributed by atoms with Crippen LogP contribution in [0.25, 0.3) is 0 Å². The Labute approximate surface area is 122 Å². The van der Waals surface area contributed by atoms with Gasteiger partial charge in [-0.15, -0.1) is 11.3 Å². The summed E-state index contributed by atoms with van der Waals surface area (Å²) in [7, 11) is 1.77. The van der Waals surface area contributed by atoms with Crippen molar-refractivity contribution in [1.82, 2.24) is 10.2 Å². The second-order valence-corrected chi connectivity index (χ2v) is 5.56. The highest BCUT2D eigenvalue weighted by atomic mass is 32.1. The molecule has 2 heterocycles. The van der Waals surface area contributed by atoms with Crippen molar-refractivity contribution in [3.05, 3.63) is 21.9 Å². The smallest absolute Gasteiger partial charge is 0.317 e. The Balaban J connectivity index is 1.85. The summed E-state index contributed by atoms with van der Waals surface area (Å²) in [5, 5.41) is 13.6. The molecular formula is C14H18N2O3S. The van der Waals surface area contributed by atoms with Crippen LogP contribution in [0.3, 0.4) is 0 Å². The second kappa shape index (κ2) is 7.29. The summed E-state index contributed by atoms with van der Waals surface area (Å²) < 4.78 is 5.23. The minimum absolute atomic E-state index is 0.0882. The van der Waals surface area contributed by atoms with Crippen LogP contribution in [0.1, 0.15) is 16.9 Å². The number of urea groups is 1. The molecular weight excluding hydrogens is 276 g/mol. The topological polar surface area (TPSA) is 61.8 Å². The number of rotatable bonds is 3. The average Bonchev–Trinajstić information content (AvgIpc) is 3.08. The van der Waals surface area contributed by atoms with Gasteiger partial charge < -0.3 is 20.1 Å². The highest BCUT2D eigenvalue weighted by molar-refractivity contribution is 7.10. The monoisotopic (exact) mass is 294 g/mol. The number of nitrogens with one attached hydrogen (secondary N) is 1. The molecule has 1 unspecified atom stereocenters. The van der Waals surface area contributed by atoms with E-state index in [0.29, 0.717) is 19.8 Å². The molecule has 0 bridgehead atoms. The Bertz CT molecular complexity index is 512. The van der Waals surface area contributed by atoms with Crippen molar-refractivity contribution in [3.63, 3.8) is 0 Å². The van der Waals surface area contributed by atoms with Crippen LogP contribution in [0.5, 0.6) is 0 Å². The molecule has 2 N–H and O–H groups in total. The molecule has 1 aromatic heterocycles. The number of nitrogens with zero attached hydrogens (tertiary/aromatic N) is 1. The molecule has 0 aromatic carbocycles. The maximum atomic E-state index is 12.0. The predicted octanol–water partition coefficient (Wildman–Crippen LogP) is 1.02. The predicted molar refractivity (Wildman–Crippen MR) is 77.5 cm³/mol. The summed E-state index contributed by atoms with van der Waals surface area (Å²) in [6, 6.07) is 1.98. The Morgan fingerprint density at radius 1 is 1.70 bits per heavy atom. The van der Waals surface area contributed by atoms with Crippen LogP contribution in [0.2, 0.25) is 0 Å². The molecule has 0 saturated carbocycles. The maximum absolute atomic E-state index is 12.0. The minimum Gasteiger partial charge on any atom is -0.384 e. The number of aliphatic hydroxyl groups is 1. The molecule has 6 heteroatoms. The molecule has 2 amide bonds. The Morgan fingerprint density at radius 2 is 2.55 bits per heavy atom. The van der Waals surface area contributed by atoms with Crippen LogP contribution in [0.4, 0.5) is 4.79 Å². The van der Waals surface area contributed by atoms with E-state index < -0.39 is 0 Å². The first-order chi connectivity index (χ1) is 9.69. The lowest BCUT2D eigenvalue weighted by Crippen LogP contribution is -2.42. The summed E-state index contributed by atoms with van der Waals surface area (Å²) in [6.45, 7) is 1.71. The van der Waals surface area contributed by atoms with Gasteiger partial charge in [-0.25, -0.2) is 4.79 Å². The zero-order chi connectivity index (χ0) is 14.4. The van der Waals surface area contributed by atoms with E-state index in [4.69, 9.17) is 9.84 Å². The number of thiophene rings is 1. The molecule has 1 fully saturated rings. The number of ether oxygens (including phenoxy) is 1. The van der Waals surface area contributed by atoms with Gasteiger partial charge in [0.05, 0.1) is 17.5 Å². The molecule has 1 aliphatic rings. The molecule has 0 spiro atoms. The van der Waals surface area contributed by atoms with Gasteiger partial charge in [0.1, 0.15) is 6.61 Å². The van der Waals surface area contributed by atoms with Crippen molar-refractivity contribution in [2.24, 2.45) is 0 Å². The van der Waals surface area contributed by atoms with Crippen molar-refractivity contribution in [2.45, 2.75) is 19.0 Å². The normalized spacial score (nSPS) is 17.4. The molecule has 5 nitrogen and oxygen atoms in total. The molecule has 108 valence electrons. The first-order valence-electron chi connectivity index (χ1n) is 6.45. The first-order valence-corrected chi connectivity index (χ1v) is 7.33. The number of amides is 2. The van der Waals surface area contributed by atoms with E-state index in [1.54, 1.807) is 11.9 Å². The Morgan fingerprint density at radius 3 is 3.25 bits per heavy atom. The summed E-state index contributed by atoms with van der Waals surface area (Å²) >= 11 is 1.51. The van der Waals surface area contributed by atoms with E-state index in [-0.39, 0.29) is 18.7 Å². The van der Waals surface area contributed by atoms with Gasteiger partial charge in [0.25, 0.3) is 0 Å². The van der Waals surface area contributed by atoms with E-state index >= 15 is 0 Å². The van der Waals surface area contributed by atoms with E-state index in [1.807, 2.05) is 11.4 Å². The second-order valence-electron chi connectivity index (χ2n) is 4.65. The van der Waals surface area contributed by atoms with Crippen molar-refractivity contribution < 1.29 is 14.6 Å². The van der Waals surface area contributed by atoms with Crippen LogP contribution in [-0.4, -0.2) is 48.9 Å². The van der Waals surface area contributed by atoms with Gasteiger partial charge in [0.2, 0.25) is 0 Å². The molecule has 20 heavy (non-hydrogen) atoms. The zero-order valence-corrected chi connectivity index (χ0v) is 12.2. The summed E-state index contributed by atoms with van der Waals surface area (Å²) in [5.74, 6) is 5.47. The lowest BCUT2D eigenvalue weighted by Gasteiger charge is -2.19. The minimum atomic E-state index is -0.140. The highest BCUT2D eigenvalue weighted by Gasteiger charge is 2.19. The molecule has 1 aliphatic heterocycles. The van der Waals surface area contributed by atoms with Crippen LogP contribution in [0.15, 0.2) is 11.4 Å². The summed E-state index contributed by atoms with van der Waals surface area (Å²) in [4.78, 5) is 14.5. The Hall–Kier alpha value is -1.55. The lowest BCUT2D eigenvalue weighted by atomic mass is 10.2. The average molecular weight is 294 g/mol. The molecule has 1 aromatic rings. The molecule has 0 aliphatic carbocycles. The number of hydrogen-bond acceptors (Lipinski definition) is 4. The summed E-state index contributed by atoms with van der Waals surface area (Å²) in [5.41, 5.74) is 1.04. The third-order valence-electron chi connectivity index (χ3n) is 2.97. The van der Waals surface area contributed by atoms with Gasteiger partial charge >= 0.3 is 6.03 Å². The molecule has 2 rings (SSSR count). The first kappa shape index (κ1) is 14.9.